The van der Waals surface area contributed by atoms with Crippen LogP contribution in [0.5, 0.6) is 0 Å². The predicted octanol–water partition coefficient (Wildman–Crippen LogP) is 3.82. The van der Waals surface area contributed by atoms with Gasteiger partial charge in [0.1, 0.15) is 0 Å². The van der Waals surface area contributed by atoms with Gasteiger partial charge in [-0.15, -0.1) is 0 Å². The van der Waals surface area contributed by atoms with E-state index in [1.54, 1.807) is 0 Å². The Morgan fingerprint density at radius 3 is 2.31 bits per heavy atom. The zero-order valence-electron chi connectivity index (χ0n) is 16.5. The summed E-state index contributed by atoms with van der Waals surface area (Å²) >= 11 is 0. The summed E-state index contributed by atoms with van der Waals surface area (Å²) in [6, 6.07) is 8.54. The lowest BCUT2D eigenvalue weighted by Gasteiger charge is -2.27. The van der Waals surface area contributed by atoms with Gasteiger partial charge in [0.05, 0.1) is 17.4 Å². The zero-order valence-corrected chi connectivity index (χ0v) is 17.3. The number of pyridine rings is 1. The Labute approximate surface area is 170 Å². The molecule has 2 aromatic heterocycles. The van der Waals surface area contributed by atoms with Gasteiger partial charge >= 0.3 is 10.4 Å². The molecule has 0 aliphatic heterocycles. The van der Waals surface area contributed by atoms with Crippen molar-refractivity contribution in [3.05, 3.63) is 47.8 Å². The van der Waals surface area contributed by atoms with Crippen molar-refractivity contribution in [2.75, 3.05) is 0 Å². The van der Waals surface area contributed by atoms with Gasteiger partial charge in [-0.25, -0.2) is 0 Å². The van der Waals surface area contributed by atoms with Crippen molar-refractivity contribution in [1.29, 1.82) is 0 Å². The third kappa shape index (κ3) is 4.99. The summed E-state index contributed by atoms with van der Waals surface area (Å²) in [5, 5.41) is 8.52. The highest BCUT2D eigenvalue weighted by atomic mass is 32.3. The second-order valence-electron chi connectivity index (χ2n) is 7.38. The van der Waals surface area contributed by atoms with Crippen LogP contribution in [0.15, 0.2) is 36.7 Å². The molecular formula is C20H26N4O4S. The molecule has 0 amide bonds. The summed E-state index contributed by atoms with van der Waals surface area (Å²) in [6.07, 6.45) is 8.25. The van der Waals surface area contributed by atoms with Crippen molar-refractivity contribution in [2.24, 2.45) is 5.73 Å². The average Bonchev–Trinajstić information content (AvgIpc) is 3.41. The first kappa shape index (κ1) is 21.4. The molecule has 0 atom stereocenters. The maximum atomic E-state index is 8.74. The minimum atomic E-state index is -4.67. The number of nitrogens with zero attached hydrogens (tertiary/aromatic N) is 2. The van der Waals surface area contributed by atoms with Crippen molar-refractivity contribution in [2.45, 2.75) is 51.0 Å². The normalized spacial score (nSPS) is 14.5. The number of rotatable bonds is 5. The lowest BCUT2D eigenvalue weighted by molar-refractivity contribution is 0.381. The van der Waals surface area contributed by atoms with Gasteiger partial charge < -0.3 is 5.73 Å². The number of hydrogen-bond donors (Lipinski definition) is 4. The second kappa shape index (κ2) is 8.19. The summed E-state index contributed by atoms with van der Waals surface area (Å²) in [5.74, 6) is 0.641. The summed E-state index contributed by atoms with van der Waals surface area (Å²) in [7, 11) is -4.67. The topological polar surface area (TPSA) is 142 Å². The van der Waals surface area contributed by atoms with Crippen LogP contribution >= 0.6 is 0 Å². The first-order valence-electron chi connectivity index (χ1n) is 9.58. The van der Waals surface area contributed by atoms with Crippen LogP contribution in [0.3, 0.4) is 0 Å². The third-order valence-corrected chi connectivity index (χ3v) is 5.53. The minimum Gasteiger partial charge on any atom is -0.321 e. The van der Waals surface area contributed by atoms with E-state index in [1.165, 1.54) is 29.4 Å². The van der Waals surface area contributed by atoms with Crippen LogP contribution in [0.2, 0.25) is 0 Å². The molecule has 1 aliphatic carbocycles. The van der Waals surface area contributed by atoms with E-state index >= 15 is 0 Å². The fraction of sp³-hybridized carbons (Fsp3) is 0.400. The van der Waals surface area contributed by atoms with Crippen molar-refractivity contribution < 1.29 is 17.5 Å². The van der Waals surface area contributed by atoms with Crippen molar-refractivity contribution in [1.82, 2.24) is 15.2 Å². The number of hydrogen-bond acceptors (Lipinski definition) is 5. The number of nitrogens with one attached hydrogen (secondary N) is 1. The Hall–Kier alpha value is -2.33. The molecule has 0 bridgehead atoms. The molecule has 156 valence electrons. The molecular weight excluding hydrogens is 392 g/mol. The number of H-pyrrole nitrogens is 1. The summed E-state index contributed by atoms with van der Waals surface area (Å²) < 4.78 is 31.6. The van der Waals surface area contributed by atoms with E-state index in [2.05, 4.69) is 48.3 Å². The van der Waals surface area contributed by atoms with Crippen LogP contribution in [0.4, 0.5) is 0 Å². The zero-order chi connectivity index (χ0) is 21.2. The van der Waals surface area contributed by atoms with Crippen molar-refractivity contribution in [3.63, 3.8) is 0 Å². The number of nitrogens with two attached hydrogens (primary N) is 1. The fourth-order valence-corrected chi connectivity index (χ4v) is 3.58. The van der Waals surface area contributed by atoms with Gasteiger partial charge in [-0.05, 0) is 54.9 Å². The highest BCUT2D eigenvalue weighted by Gasteiger charge is 2.29. The molecule has 1 saturated carbocycles. The molecule has 1 fully saturated rings. The molecule has 0 saturated heterocycles. The predicted molar refractivity (Wildman–Crippen MR) is 112 cm³/mol. The molecule has 29 heavy (non-hydrogen) atoms. The van der Waals surface area contributed by atoms with Gasteiger partial charge in [-0.3, -0.25) is 19.2 Å². The number of fused-ring (bicyclic) bond motifs is 1. The second-order valence-corrected chi connectivity index (χ2v) is 8.27. The largest absolute Gasteiger partial charge is 0.394 e. The van der Waals surface area contributed by atoms with E-state index in [-0.39, 0.29) is 5.54 Å². The van der Waals surface area contributed by atoms with Gasteiger partial charge in [-0.2, -0.15) is 13.5 Å². The van der Waals surface area contributed by atoms with Crippen molar-refractivity contribution >= 4 is 21.3 Å². The number of aromatic amines is 1. The molecule has 0 spiro atoms. The van der Waals surface area contributed by atoms with E-state index < -0.39 is 10.4 Å². The van der Waals surface area contributed by atoms with Crippen LogP contribution in [0, 0.1) is 0 Å². The minimum absolute atomic E-state index is 0.278. The summed E-state index contributed by atoms with van der Waals surface area (Å²) in [4.78, 5) is 4.76. The lowest BCUT2D eigenvalue weighted by atomic mass is 9.86. The molecule has 1 aromatic carbocycles. The smallest absolute Gasteiger partial charge is 0.321 e. The van der Waals surface area contributed by atoms with Gasteiger partial charge in [0.15, 0.2) is 0 Å². The van der Waals surface area contributed by atoms with Crippen LogP contribution < -0.4 is 5.73 Å². The van der Waals surface area contributed by atoms with Crippen LogP contribution in [-0.4, -0.2) is 32.7 Å². The molecule has 4 rings (SSSR count). The Bertz CT molecular complexity index is 1080. The number of aromatic nitrogens is 3. The van der Waals surface area contributed by atoms with E-state index in [4.69, 9.17) is 28.2 Å². The van der Waals surface area contributed by atoms with Crippen LogP contribution in [-0.2, 0) is 15.9 Å². The fourth-order valence-electron chi connectivity index (χ4n) is 3.58. The van der Waals surface area contributed by atoms with Crippen LogP contribution in [0.1, 0.15) is 56.6 Å². The molecule has 1 aliphatic rings. The Balaban J connectivity index is 0.000000431. The molecule has 0 radical (unpaired) electrons. The molecule has 3 aromatic rings. The molecule has 8 nitrogen and oxygen atoms in total. The summed E-state index contributed by atoms with van der Waals surface area (Å²) in [5.41, 5.74) is 12.1. The monoisotopic (exact) mass is 418 g/mol. The number of benzene rings is 1. The lowest BCUT2D eigenvalue weighted by Crippen LogP contribution is -2.35. The van der Waals surface area contributed by atoms with E-state index in [1.807, 2.05) is 12.4 Å². The average molecular weight is 419 g/mol. The molecule has 9 heteroatoms. The SMILES string of the molecule is CCC(N)(CC)c1ccc(-c2ccc3[nH]ncc3c2C2CC2)nc1.O=S(=O)(O)O. The summed E-state index contributed by atoms with van der Waals surface area (Å²) in [6.45, 7) is 4.27. The van der Waals surface area contributed by atoms with Gasteiger partial charge in [0, 0.05) is 22.7 Å². The Kier molecular flexibility index (Phi) is 6.04. The van der Waals surface area contributed by atoms with Crippen LogP contribution in [0.25, 0.3) is 22.2 Å². The quantitative estimate of drug-likeness (QED) is 0.461. The van der Waals surface area contributed by atoms with E-state index in [0.29, 0.717) is 5.92 Å². The van der Waals surface area contributed by atoms with Crippen molar-refractivity contribution in [3.8, 4) is 11.3 Å². The Morgan fingerprint density at radius 2 is 1.79 bits per heavy atom. The Morgan fingerprint density at radius 1 is 1.14 bits per heavy atom. The van der Waals surface area contributed by atoms with E-state index in [0.717, 1.165) is 29.6 Å². The first-order chi connectivity index (χ1) is 13.7. The molecule has 0 unspecified atom stereocenters. The maximum Gasteiger partial charge on any atom is 0.394 e. The van der Waals surface area contributed by atoms with E-state index in [9.17, 15) is 0 Å². The van der Waals surface area contributed by atoms with Gasteiger partial charge in [-0.1, -0.05) is 26.0 Å². The standard InChI is InChI=1S/C20H24N4.H2O4S/c1-3-20(21,4-2)14-7-9-17(22-11-14)15-8-10-18-16(12-23-24-18)19(15)13-5-6-13;1-5(2,3)4/h7-13H,3-6,21H2,1-2H3,(H,23,24);(H2,1,2,3,4). The highest BCUT2D eigenvalue weighted by molar-refractivity contribution is 7.79. The van der Waals surface area contributed by atoms with Gasteiger partial charge in [0.2, 0.25) is 0 Å². The molecule has 5 N–H and O–H groups in total. The maximum absolute atomic E-state index is 8.74. The highest BCUT2D eigenvalue weighted by Crippen LogP contribution is 2.47. The first-order valence-corrected chi connectivity index (χ1v) is 11.0. The van der Waals surface area contributed by atoms with Gasteiger partial charge in [0.25, 0.3) is 0 Å². The molecule has 2 heterocycles. The third-order valence-electron chi connectivity index (χ3n) is 5.53.